The number of carbonyl (C=O) groups excluding carboxylic acids is 1. The summed E-state index contributed by atoms with van der Waals surface area (Å²) < 4.78 is 26.5. The van der Waals surface area contributed by atoms with Gasteiger partial charge in [-0.15, -0.1) is 0 Å². The van der Waals surface area contributed by atoms with E-state index in [0.29, 0.717) is 0 Å². The zero-order valence-electron chi connectivity index (χ0n) is 9.85. The lowest BCUT2D eigenvalue weighted by Gasteiger charge is -2.42. The van der Waals surface area contributed by atoms with Crippen LogP contribution in [0.4, 0.5) is 0 Å². The SMILES string of the molecule is CCCCCSC(=O)C12COP(=O)(OC1)OC2. The molecular weight excluding hydrogens is 263 g/mol. The van der Waals surface area contributed by atoms with Crippen LogP contribution in [0.1, 0.15) is 26.2 Å². The van der Waals surface area contributed by atoms with Crippen LogP contribution in [0, 0.1) is 5.41 Å². The van der Waals surface area contributed by atoms with E-state index < -0.39 is 13.2 Å². The van der Waals surface area contributed by atoms with Crippen LogP contribution in [-0.2, 0) is 22.9 Å². The Bertz CT molecular complexity index is 314. The molecule has 98 valence electrons. The molecule has 0 N–H and O–H groups in total. The molecule has 0 aromatic carbocycles. The molecule has 7 heteroatoms. The second-order valence-electron chi connectivity index (χ2n) is 4.39. The normalized spacial score (nSPS) is 36.1. The topological polar surface area (TPSA) is 61.8 Å². The van der Waals surface area contributed by atoms with Crippen molar-refractivity contribution in [2.45, 2.75) is 26.2 Å². The van der Waals surface area contributed by atoms with Gasteiger partial charge in [-0.25, -0.2) is 4.57 Å². The first-order valence-electron chi connectivity index (χ1n) is 5.81. The minimum absolute atomic E-state index is 0.0274. The van der Waals surface area contributed by atoms with Gasteiger partial charge < -0.3 is 0 Å². The van der Waals surface area contributed by atoms with E-state index in [2.05, 4.69) is 6.92 Å². The molecule has 0 atom stereocenters. The van der Waals surface area contributed by atoms with E-state index in [9.17, 15) is 9.36 Å². The van der Waals surface area contributed by atoms with E-state index in [1.54, 1.807) is 0 Å². The third-order valence-electron chi connectivity index (χ3n) is 2.91. The van der Waals surface area contributed by atoms with Crippen LogP contribution < -0.4 is 0 Å². The van der Waals surface area contributed by atoms with Crippen molar-refractivity contribution in [3.05, 3.63) is 0 Å². The average Bonchev–Trinajstić information content (AvgIpc) is 2.36. The fourth-order valence-electron chi connectivity index (χ4n) is 1.69. The number of hydrogen-bond acceptors (Lipinski definition) is 6. The molecule has 0 radical (unpaired) electrons. The third-order valence-corrected chi connectivity index (χ3v) is 5.43. The van der Waals surface area contributed by atoms with Crippen molar-refractivity contribution in [2.24, 2.45) is 5.41 Å². The lowest BCUT2D eigenvalue weighted by atomic mass is 9.93. The molecule has 3 saturated heterocycles. The van der Waals surface area contributed by atoms with Gasteiger partial charge in [0.15, 0.2) is 0 Å². The Kier molecular flexibility index (Phi) is 4.31. The molecule has 3 fully saturated rings. The quantitative estimate of drug-likeness (QED) is 0.570. The van der Waals surface area contributed by atoms with Crippen LogP contribution in [-0.4, -0.2) is 30.7 Å². The summed E-state index contributed by atoms with van der Waals surface area (Å²) in [6.45, 7) is 2.60. The highest BCUT2D eigenvalue weighted by Gasteiger charge is 2.54. The van der Waals surface area contributed by atoms with Crippen molar-refractivity contribution >= 4 is 24.7 Å². The average molecular weight is 280 g/mol. The molecule has 0 unspecified atom stereocenters. The third kappa shape index (κ3) is 2.93. The van der Waals surface area contributed by atoms with E-state index in [4.69, 9.17) is 13.6 Å². The smallest absolute Gasteiger partial charge is 0.286 e. The standard InChI is InChI=1S/C10H17O5PS/c1-2-3-4-5-17-9(11)10-6-13-16(12,14-7-10)15-8-10/h2-8H2,1H3. The van der Waals surface area contributed by atoms with Gasteiger partial charge in [-0.2, -0.15) is 0 Å². The molecule has 0 aromatic rings. The van der Waals surface area contributed by atoms with Gasteiger partial charge in [-0.3, -0.25) is 18.4 Å². The second-order valence-corrected chi connectivity index (χ2v) is 7.13. The minimum atomic E-state index is -3.31. The molecule has 3 rings (SSSR count). The van der Waals surface area contributed by atoms with Gasteiger partial charge in [0.2, 0.25) is 5.12 Å². The summed E-state index contributed by atoms with van der Waals surface area (Å²) in [6, 6.07) is 0. The van der Waals surface area contributed by atoms with Crippen molar-refractivity contribution < 1.29 is 22.9 Å². The molecular formula is C10H17O5PS. The van der Waals surface area contributed by atoms with Crippen LogP contribution in [0.15, 0.2) is 0 Å². The molecule has 0 aromatic heterocycles. The first-order valence-corrected chi connectivity index (χ1v) is 8.26. The number of fused-ring (bicyclic) bond motifs is 3. The van der Waals surface area contributed by atoms with E-state index in [1.807, 2.05) is 0 Å². The first-order chi connectivity index (χ1) is 8.10. The summed E-state index contributed by atoms with van der Waals surface area (Å²) in [5.74, 6) is 0.812. The summed E-state index contributed by atoms with van der Waals surface area (Å²) in [7, 11) is -3.31. The predicted octanol–water partition coefficient (Wildman–Crippen LogP) is 2.61. The number of hydrogen-bond donors (Lipinski definition) is 0. The monoisotopic (exact) mass is 280 g/mol. The lowest BCUT2D eigenvalue weighted by molar-refractivity contribution is -0.140. The molecule has 2 bridgehead atoms. The van der Waals surface area contributed by atoms with E-state index in [1.165, 1.54) is 11.8 Å². The highest BCUT2D eigenvalue weighted by molar-refractivity contribution is 8.13. The maximum atomic E-state index is 12.1. The Morgan fingerprint density at radius 2 is 1.82 bits per heavy atom. The van der Waals surface area contributed by atoms with Crippen molar-refractivity contribution in [1.82, 2.24) is 0 Å². The Hall–Kier alpha value is 0.130. The number of phosphoric ester groups is 1. The number of phosphoric acid groups is 1. The maximum absolute atomic E-state index is 12.1. The lowest BCUT2D eigenvalue weighted by Crippen LogP contribution is -2.49. The number of rotatable bonds is 5. The van der Waals surface area contributed by atoms with Crippen molar-refractivity contribution in [3.63, 3.8) is 0 Å². The van der Waals surface area contributed by atoms with Gasteiger partial charge in [0, 0.05) is 5.75 Å². The fraction of sp³-hybridized carbons (Fsp3) is 0.900. The molecule has 0 amide bonds. The Morgan fingerprint density at radius 3 is 2.35 bits per heavy atom. The molecule has 3 aliphatic rings. The van der Waals surface area contributed by atoms with Crippen molar-refractivity contribution in [3.8, 4) is 0 Å². The predicted molar refractivity (Wildman–Crippen MR) is 64.9 cm³/mol. The van der Waals surface area contributed by atoms with Gasteiger partial charge in [-0.1, -0.05) is 31.5 Å². The highest BCUT2D eigenvalue weighted by atomic mass is 32.2. The van der Waals surface area contributed by atoms with Gasteiger partial charge in [0.05, 0.1) is 19.8 Å². The molecule has 17 heavy (non-hydrogen) atoms. The van der Waals surface area contributed by atoms with Crippen LogP contribution in [0.5, 0.6) is 0 Å². The molecule has 0 saturated carbocycles. The molecule has 0 spiro atoms. The van der Waals surface area contributed by atoms with Crippen LogP contribution in [0.3, 0.4) is 0 Å². The minimum Gasteiger partial charge on any atom is -0.286 e. The summed E-state index contributed by atoms with van der Waals surface area (Å²) >= 11 is 1.30. The summed E-state index contributed by atoms with van der Waals surface area (Å²) in [4.78, 5) is 12.1. The number of unbranched alkanes of at least 4 members (excludes halogenated alkanes) is 2. The van der Waals surface area contributed by atoms with Crippen LogP contribution in [0.2, 0.25) is 0 Å². The maximum Gasteiger partial charge on any atom is 0.474 e. The summed E-state index contributed by atoms with van der Waals surface area (Å²) in [5.41, 5.74) is -0.747. The number of thioether (sulfide) groups is 1. The molecule has 3 heterocycles. The van der Waals surface area contributed by atoms with Crippen LogP contribution >= 0.6 is 19.6 Å². The molecule has 5 nitrogen and oxygen atoms in total. The van der Waals surface area contributed by atoms with E-state index in [-0.39, 0.29) is 24.9 Å². The largest absolute Gasteiger partial charge is 0.474 e. The Morgan fingerprint density at radius 1 is 1.24 bits per heavy atom. The summed E-state index contributed by atoms with van der Waals surface area (Å²) in [5, 5.41) is 0.0274. The highest BCUT2D eigenvalue weighted by Crippen LogP contribution is 2.60. The molecule has 0 aliphatic carbocycles. The van der Waals surface area contributed by atoms with Crippen LogP contribution in [0.25, 0.3) is 0 Å². The Balaban J connectivity index is 1.85. The van der Waals surface area contributed by atoms with Crippen molar-refractivity contribution in [1.29, 1.82) is 0 Å². The van der Waals surface area contributed by atoms with Crippen molar-refractivity contribution in [2.75, 3.05) is 25.6 Å². The van der Waals surface area contributed by atoms with E-state index >= 15 is 0 Å². The van der Waals surface area contributed by atoms with Gasteiger partial charge in [0.1, 0.15) is 5.41 Å². The summed E-state index contributed by atoms with van der Waals surface area (Å²) in [6.07, 6.45) is 3.30. The number of carbonyl (C=O) groups is 1. The zero-order chi connectivity index (χ0) is 12.4. The zero-order valence-corrected chi connectivity index (χ0v) is 11.6. The van der Waals surface area contributed by atoms with Gasteiger partial charge >= 0.3 is 7.82 Å². The molecule has 3 aliphatic heterocycles. The Labute approximate surface area is 105 Å². The van der Waals surface area contributed by atoms with Gasteiger partial charge in [0.25, 0.3) is 0 Å². The van der Waals surface area contributed by atoms with E-state index in [0.717, 1.165) is 25.0 Å². The second kappa shape index (κ2) is 5.41. The fourth-order valence-corrected chi connectivity index (χ4v) is 4.15. The first kappa shape index (κ1) is 13.6. The van der Waals surface area contributed by atoms with Gasteiger partial charge in [-0.05, 0) is 6.42 Å².